The predicted molar refractivity (Wildman–Crippen MR) is 112 cm³/mol. The van der Waals surface area contributed by atoms with Crippen LogP contribution in [0.5, 0.6) is 5.75 Å². The van der Waals surface area contributed by atoms with Crippen LogP contribution in [-0.4, -0.2) is 45.2 Å². The first-order valence-corrected chi connectivity index (χ1v) is 10.3. The molecule has 0 saturated carbocycles. The summed E-state index contributed by atoms with van der Waals surface area (Å²) in [6.07, 6.45) is 4.42. The zero-order valence-electron chi connectivity index (χ0n) is 17.4. The van der Waals surface area contributed by atoms with E-state index < -0.39 is 10.7 Å². The third-order valence-corrected chi connectivity index (χ3v) is 5.28. The Kier molecular flexibility index (Phi) is 6.15. The maximum absolute atomic E-state index is 14.1. The second kappa shape index (κ2) is 9.16. The molecule has 0 bridgehead atoms. The van der Waals surface area contributed by atoms with E-state index in [0.717, 1.165) is 19.0 Å². The molecular weight excluding hydrogens is 421 g/mol. The Hall–Kier alpha value is -3.76. The molecule has 4 rings (SSSR count). The van der Waals surface area contributed by atoms with Gasteiger partial charge in [-0.2, -0.15) is 5.10 Å². The second-order valence-corrected chi connectivity index (χ2v) is 7.28. The molecule has 0 spiro atoms. The molecule has 168 valence electrons. The third kappa shape index (κ3) is 4.32. The number of halogens is 1. The van der Waals surface area contributed by atoms with Gasteiger partial charge in [-0.15, -0.1) is 0 Å². The molecular formula is C21H22FN5O5. The van der Waals surface area contributed by atoms with Crippen molar-refractivity contribution >= 4 is 23.1 Å². The molecule has 0 radical (unpaired) electrons. The number of anilines is 1. The smallest absolute Gasteiger partial charge is 0.333 e. The van der Waals surface area contributed by atoms with Gasteiger partial charge in [-0.05, 0) is 44.0 Å². The molecule has 32 heavy (non-hydrogen) atoms. The molecule has 1 unspecified atom stereocenters. The standard InChI is InChI=1S/C21H22FN5O5/c1-2-31-20(28)8-11-32-18-6-5-14(22)12-15(18)16-4-3-9-25(16)19-7-10-26-21(24-19)17(13-23-26)27(29)30/h5-7,10,12-13,16H,2-4,8-9,11H2,1H3. The molecule has 1 aromatic carbocycles. The fraction of sp³-hybridized carbons (Fsp3) is 0.381. The summed E-state index contributed by atoms with van der Waals surface area (Å²) in [6, 6.07) is 5.76. The minimum Gasteiger partial charge on any atom is -0.493 e. The van der Waals surface area contributed by atoms with Crippen LogP contribution in [0.15, 0.2) is 36.7 Å². The van der Waals surface area contributed by atoms with E-state index in [1.807, 2.05) is 4.90 Å². The number of nitro groups is 1. The molecule has 3 aromatic rings. The molecule has 10 nitrogen and oxygen atoms in total. The summed E-state index contributed by atoms with van der Waals surface area (Å²) in [7, 11) is 0. The van der Waals surface area contributed by atoms with Gasteiger partial charge in [0.2, 0.25) is 5.65 Å². The van der Waals surface area contributed by atoms with Crippen molar-refractivity contribution in [2.75, 3.05) is 24.7 Å². The summed E-state index contributed by atoms with van der Waals surface area (Å²) >= 11 is 0. The van der Waals surface area contributed by atoms with E-state index in [1.54, 1.807) is 25.3 Å². The number of aromatic nitrogens is 3. The second-order valence-electron chi connectivity index (χ2n) is 7.28. The van der Waals surface area contributed by atoms with E-state index in [-0.39, 0.29) is 36.4 Å². The lowest BCUT2D eigenvalue weighted by atomic mass is 10.0. The number of hydrogen-bond donors (Lipinski definition) is 0. The van der Waals surface area contributed by atoms with Gasteiger partial charge in [0, 0.05) is 18.3 Å². The normalized spacial score (nSPS) is 15.8. The summed E-state index contributed by atoms with van der Waals surface area (Å²) in [6.45, 7) is 2.78. The van der Waals surface area contributed by atoms with Crippen molar-refractivity contribution in [1.82, 2.24) is 14.6 Å². The van der Waals surface area contributed by atoms with Gasteiger partial charge in [0.05, 0.1) is 30.6 Å². The Bertz CT molecular complexity index is 1150. The average Bonchev–Trinajstić information content (AvgIpc) is 3.41. The molecule has 1 fully saturated rings. The molecule has 1 atom stereocenters. The first-order chi connectivity index (χ1) is 15.5. The van der Waals surface area contributed by atoms with Gasteiger partial charge in [-0.25, -0.2) is 13.9 Å². The van der Waals surface area contributed by atoms with E-state index in [9.17, 15) is 19.3 Å². The molecule has 1 aliphatic rings. The van der Waals surface area contributed by atoms with Crippen LogP contribution < -0.4 is 9.64 Å². The average molecular weight is 443 g/mol. The van der Waals surface area contributed by atoms with Gasteiger partial charge in [-0.1, -0.05) is 0 Å². The molecule has 2 aromatic heterocycles. The van der Waals surface area contributed by atoms with Gasteiger partial charge >= 0.3 is 11.7 Å². The van der Waals surface area contributed by atoms with Gasteiger partial charge < -0.3 is 14.4 Å². The predicted octanol–water partition coefficient (Wildman–Crippen LogP) is 3.45. The van der Waals surface area contributed by atoms with E-state index in [1.165, 1.54) is 16.6 Å². The van der Waals surface area contributed by atoms with Crippen molar-refractivity contribution < 1.29 is 23.6 Å². The van der Waals surface area contributed by atoms with E-state index in [0.29, 0.717) is 30.3 Å². The summed E-state index contributed by atoms with van der Waals surface area (Å²) < 4.78 is 26.2. The van der Waals surface area contributed by atoms with Crippen LogP contribution in [0.3, 0.4) is 0 Å². The number of benzene rings is 1. The number of fused-ring (bicyclic) bond motifs is 1. The number of rotatable bonds is 8. The maximum Gasteiger partial charge on any atom is 0.333 e. The van der Waals surface area contributed by atoms with Crippen molar-refractivity contribution in [3.05, 3.63) is 58.2 Å². The highest BCUT2D eigenvalue weighted by molar-refractivity contribution is 5.69. The first kappa shape index (κ1) is 21.5. The number of carbonyl (C=O) groups excluding carboxylic acids is 1. The van der Waals surface area contributed by atoms with Crippen LogP contribution in [0, 0.1) is 15.9 Å². The summed E-state index contributed by atoms with van der Waals surface area (Å²) in [4.78, 5) is 28.8. The molecule has 11 heteroatoms. The zero-order chi connectivity index (χ0) is 22.7. The van der Waals surface area contributed by atoms with Crippen molar-refractivity contribution in [2.24, 2.45) is 0 Å². The molecule has 3 heterocycles. The SMILES string of the molecule is CCOC(=O)CCOc1ccc(F)cc1C1CCCN1c1ccn2ncc([N+](=O)[O-])c2n1. The number of nitrogens with zero attached hydrogens (tertiary/aromatic N) is 5. The van der Waals surface area contributed by atoms with E-state index in [2.05, 4.69) is 10.1 Å². The fourth-order valence-corrected chi connectivity index (χ4v) is 3.89. The largest absolute Gasteiger partial charge is 0.493 e. The fourth-order valence-electron chi connectivity index (χ4n) is 3.89. The lowest BCUT2D eigenvalue weighted by Gasteiger charge is -2.27. The highest BCUT2D eigenvalue weighted by Gasteiger charge is 2.31. The summed E-state index contributed by atoms with van der Waals surface area (Å²) in [5, 5.41) is 15.2. The quantitative estimate of drug-likeness (QED) is 0.296. The van der Waals surface area contributed by atoms with Crippen LogP contribution >= 0.6 is 0 Å². The maximum atomic E-state index is 14.1. The van der Waals surface area contributed by atoms with Crippen LogP contribution in [0.25, 0.3) is 5.65 Å². The Morgan fingerprint density at radius 2 is 2.22 bits per heavy atom. The van der Waals surface area contributed by atoms with Crippen molar-refractivity contribution in [2.45, 2.75) is 32.2 Å². The Morgan fingerprint density at radius 1 is 1.38 bits per heavy atom. The minimum absolute atomic E-state index is 0.0855. The summed E-state index contributed by atoms with van der Waals surface area (Å²) in [5.41, 5.74) is 0.593. The van der Waals surface area contributed by atoms with Crippen molar-refractivity contribution in [3.63, 3.8) is 0 Å². The lowest BCUT2D eigenvalue weighted by Crippen LogP contribution is -2.24. The summed E-state index contributed by atoms with van der Waals surface area (Å²) in [5.74, 6) is 0.243. The van der Waals surface area contributed by atoms with Crippen molar-refractivity contribution in [1.29, 1.82) is 0 Å². The van der Waals surface area contributed by atoms with Gasteiger partial charge in [0.25, 0.3) is 0 Å². The van der Waals surface area contributed by atoms with Gasteiger partial charge in [0.15, 0.2) is 0 Å². The number of carbonyl (C=O) groups is 1. The van der Waals surface area contributed by atoms with Crippen LogP contribution in [-0.2, 0) is 9.53 Å². The first-order valence-electron chi connectivity index (χ1n) is 10.3. The van der Waals surface area contributed by atoms with Crippen LogP contribution in [0.1, 0.15) is 37.8 Å². The lowest BCUT2D eigenvalue weighted by molar-refractivity contribution is -0.383. The molecule has 1 saturated heterocycles. The van der Waals surface area contributed by atoms with Gasteiger partial charge in [-0.3, -0.25) is 14.9 Å². The van der Waals surface area contributed by atoms with E-state index in [4.69, 9.17) is 9.47 Å². The van der Waals surface area contributed by atoms with Crippen LogP contribution in [0.2, 0.25) is 0 Å². The highest BCUT2D eigenvalue weighted by atomic mass is 19.1. The highest BCUT2D eigenvalue weighted by Crippen LogP contribution is 2.40. The number of hydrogen-bond acceptors (Lipinski definition) is 8. The molecule has 0 N–H and O–H groups in total. The third-order valence-electron chi connectivity index (χ3n) is 5.28. The monoisotopic (exact) mass is 443 g/mol. The molecule has 1 aliphatic heterocycles. The number of esters is 1. The Balaban J connectivity index is 1.61. The van der Waals surface area contributed by atoms with E-state index >= 15 is 0 Å². The van der Waals surface area contributed by atoms with Gasteiger partial charge in [0.1, 0.15) is 23.6 Å². The Morgan fingerprint density at radius 3 is 3.00 bits per heavy atom. The molecule has 0 aliphatic carbocycles. The van der Waals surface area contributed by atoms with Crippen molar-refractivity contribution in [3.8, 4) is 5.75 Å². The zero-order valence-corrected chi connectivity index (χ0v) is 17.4. The van der Waals surface area contributed by atoms with Crippen LogP contribution in [0.4, 0.5) is 15.9 Å². The number of ether oxygens (including phenoxy) is 2. The minimum atomic E-state index is -0.525. The topological polar surface area (TPSA) is 112 Å². The Labute approximate surface area is 182 Å². The molecule has 0 amide bonds.